The van der Waals surface area contributed by atoms with Gasteiger partial charge in [0.15, 0.2) is 5.69 Å². The molecule has 1 heterocycles. The highest BCUT2D eigenvalue weighted by Crippen LogP contribution is 2.33. The molecule has 0 unspecified atom stereocenters. The van der Waals surface area contributed by atoms with Crippen molar-refractivity contribution in [2.75, 3.05) is 19.8 Å². The maximum absolute atomic E-state index is 13.6. The van der Waals surface area contributed by atoms with E-state index in [0.717, 1.165) is 29.3 Å². The van der Waals surface area contributed by atoms with Crippen molar-refractivity contribution in [3.63, 3.8) is 0 Å². The predicted octanol–water partition coefficient (Wildman–Crippen LogP) is 4.14. The zero-order valence-electron chi connectivity index (χ0n) is 15.5. The summed E-state index contributed by atoms with van der Waals surface area (Å²) < 4.78 is 46.8. The van der Waals surface area contributed by atoms with Crippen LogP contribution in [-0.4, -0.2) is 35.4 Å². The Balaban J connectivity index is 2.08. The van der Waals surface area contributed by atoms with Gasteiger partial charge < -0.3 is 10.1 Å². The Bertz CT molecular complexity index is 740. The molecule has 0 aliphatic rings. The summed E-state index contributed by atoms with van der Waals surface area (Å²) in [7, 11) is 0. The lowest BCUT2D eigenvalue weighted by molar-refractivity contribution is -0.143. The topological polar surface area (TPSA) is 56.1 Å². The molecule has 2 rings (SSSR count). The second-order valence-electron chi connectivity index (χ2n) is 6.23. The lowest BCUT2D eigenvalue weighted by Crippen LogP contribution is -2.28. The van der Waals surface area contributed by atoms with Crippen LogP contribution in [0.3, 0.4) is 0 Å². The van der Waals surface area contributed by atoms with E-state index in [1.54, 1.807) is 12.1 Å². The number of hydrogen-bond donors (Lipinski definition) is 1. The van der Waals surface area contributed by atoms with Gasteiger partial charge in [-0.2, -0.15) is 18.3 Å². The van der Waals surface area contributed by atoms with Crippen molar-refractivity contribution in [2.24, 2.45) is 0 Å². The molecule has 0 radical (unpaired) electrons. The first-order valence-electron chi connectivity index (χ1n) is 8.92. The number of rotatable bonds is 9. The van der Waals surface area contributed by atoms with Gasteiger partial charge >= 0.3 is 6.18 Å². The number of carbonyl (C=O) groups excluding carboxylic acids is 1. The van der Waals surface area contributed by atoms with Crippen LogP contribution < -0.4 is 5.32 Å². The number of hydrogen-bond acceptors (Lipinski definition) is 3. The number of aryl methyl sites for hydroxylation is 1. The van der Waals surface area contributed by atoms with Crippen molar-refractivity contribution < 1.29 is 22.7 Å². The standard InChI is InChI=1S/C19H24F3N3O2/c1-3-4-11-27-12-5-10-23-18(26)16-13-24-25(17(16)19(20,21)22)15-8-6-14(2)7-9-15/h6-9,13H,3-5,10-12H2,1-2H3,(H,23,26). The molecule has 0 aliphatic carbocycles. The van der Waals surface area contributed by atoms with Gasteiger partial charge in [0.2, 0.25) is 0 Å². The molecule has 0 bridgehead atoms. The molecule has 8 heteroatoms. The minimum absolute atomic E-state index is 0.234. The number of alkyl halides is 3. The van der Waals surface area contributed by atoms with Gasteiger partial charge in [-0.1, -0.05) is 31.0 Å². The number of nitrogens with zero attached hydrogens (tertiary/aromatic N) is 2. The highest BCUT2D eigenvalue weighted by molar-refractivity contribution is 5.95. The number of aromatic nitrogens is 2. The fraction of sp³-hybridized carbons (Fsp3) is 0.474. The highest BCUT2D eigenvalue weighted by atomic mass is 19.4. The molecule has 1 aromatic heterocycles. The molecule has 1 aromatic carbocycles. The van der Waals surface area contributed by atoms with E-state index in [1.807, 2.05) is 6.92 Å². The fourth-order valence-corrected chi connectivity index (χ4v) is 2.49. The zero-order chi connectivity index (χ0) is 19.9. The molecule has 0 saturated heterocycles. The lowest BCUT2D eigenvalue weighted by atomic mass is 10.2. The third-order valence-corrected chi connectivity index (χ3v) is 3.95. The molecule has 0 atom stereocenters. The summed E-state index contributed by atoms with van der Waals surface area (Å²) >= 11 is 0. The van der Waals surface area contributed by atoms with Gasteiger partial charge in [-0.25, -0.2) is 4.68 Å². The summed E-state index contributed by atoms with van der Waals surface area (Å²) in [6, 6.07) is 6.45. The molecular weight excluding hydrogens is 359 g/mol. The van der Waals surface area contributed by atoms with Crippen LogP contribution >= 0.6 is 0 Å². The third kappa shape index (κ3) is 5.82. The van der Waals surface area contributed by atoms with E-state index >= 15 is 0 Å². The van der Waals surface area contributed by atoms with Gasteiger partial charge in [0, 0.05) is 19.8 Å². The molecule has 1 N–H and O–H groups in total. The molecule has 148 valence electrons. The maximum Gasteiger partial charge on any atom is 0.434 e. The summed E-state index contributed by atoms with van der Waals surface area (Å²) in [6.45, 7) is 5.22. The van der Waals surface area contributed by atoms with Crippen LogP contribution in [0.1, 0.15) is 47.8 Å². The molecule has 27 heavy (non-hydrogen) atoms. The van der Waals surface area contributed by atoms with Gasteiger partial charge in [0.1, 0.15) is 0 Å². The van der Waals surface area contributed by atoms with E-state index in [1.165, 1.54) is 12.1 Å². The summed E-state index contributed by atoms with van der Waals surface area (Å²) in [5.41, 5.74) is -0.409. The van der Waals surface area contributed by atoms with Crippen LogP contribution in [0.5, 0.6) is 0 Å². The monoisotopic (exact) mass is 383 g/mol. The van der Waals surface area contributed by atoms with Gasteiger partial charge in [0.25, 0.3) is 5.91 Å². The third-order valence-electron chi connectivity index (χ3n) is 3.95. The molecule has 2 aromatic rings. The van der Waals surface area contributed by atoms with Crippen LogP contribution in [-0.2, 0) is 10.9 Å². The zero-order valence-corrected chi connectivity index (χ0v) is 15.5. The second kappa shape index (κ2) is 9.55. The number of unbranched alkanes of at least 4 members (excludes halogenated alkanes) is 1. The maximum atomic E-state index is 13.6. The van der Waals surface area contributed by atoms with Crippen LogP contribution in [0.4, 0.5) is 13.2 Å². The van der Waals surface area contributed by atoms with E-state index in [0.29, 0.717) is 19.6 Å². The average molecular weight is 383 g/mol. The van der Waals surface area contributed by atoms with Gasteiger partial charge in [-0.15, -0.1) is 0 Å². The molecule has 0 aliphatic heterocycles. The van der Waals surface area contributed by atoms with Crippen LogP contribution in [0.15, 0.2) is 30.5 Å². The number of nitrogens with one attached hydrogen (secondary N) is 1. The first kappa shape index (κ1) is 21.0. The van der Waals surface area contributed by atoms with Crippen molar-refractivity contribution in [2.45, 2.75) is 39.3 Å². The smallest absolute Gasteiger partial charge is 0.381 e. The van der Waals surface area contributed by atoms with E-state index in [4.69, 9.17) is 4.74 Å². The van der Waals surface area contributed by atoms with Crippen LogP contribution in [0, 0.1) is 6.92 Å². The first-order valence-corrected chi connectivity index (χ1v) is 8.92. The number of ether oxygens (including phenoxy) is 1. The normalized spacial score (nSPS) is 11.6. The first-order chi connectivity index (χ1) is 12.8. The minimum atomic E-state index is -4.71. The van der Waals surface area contributed by atoms with Gasteiger partial charge in [-0.3, -0.25) is 4.79 Å². The SMILES string of the molecule is CCCCOCCCNC(=O)c1cnn(-c2ccc(C)cc2)c1C(F)(F)F. The van der Waals surface area contributed by atoms with Crippen LogP contribution in [0.2, 0.25) is 0 Å². The summed E-state index contributed by atoms with van der Waals surface area (Å²) in [5, 5.41) is 6.30. The van der Waals surface area contributed by atoms with Crippen molar-refractivity contribution in [3.05, 3.63) is 47.3 Å². The minimum Gasteiger partial charge on any atom is -0.381 e. The summed E-state index contributed by atoms with van der Waals surface area (Å²) in [6.07, 6.45) is -1.24. The lowest BCUT2D eigenvalue weighted by Gasteiger charge is -2.13. The Hall–Kier alpha value is -2.35. The van der Waals surface area contributed by atoms with Crippen molar-refractivity contribution in [3.8, 4) is 5.69 Å². The highest BCUT2D eigenvalue weighted by Gasteiger charge is 2.40. The molecule has 0 fully saturated rings. The Kier molecular flexibility index (Phi) is 7.41. The quantitative estimate of drug-likeness (QED) is 0.662. The molecule has 5 nitrogen and oxygen atoms in total. The Morgan fingerprint density at radius 2 is 1.85 bits per heavy atom. The van der Waals surface area contributed by atoms with Crippen molar-refractivity contribution in [1.29, 1.82) is 0 Å². The Labute approximate surface area is 156 Å². The summed E-state index contributed by atoms with van der Waals surface area (Å²) in [4.78, 5) is 12.2. The second-order valence-corrected chi connectivity index (χ2v) is 6.23. The van der Waals surface area contributed by atoms with Crippen LogP contribution in [0.25, 0.3) is 5.69 Å². The van der Waals surface area contributed by atoms with Crippen molar-refractivity contribution in [1.82, 2.24) is 15.1 Å². The van der Waals surface area contributed by atoms with E-state index in [9.17, 15) is 18.0 Å². The summed E-state index contributed by atoms with van der Waals surface area (Å²) in [5.74, 6) is -0.797. The predicted molar refractivity (Wildman–Crippen MR) is 96.0 cm³/mol. The van der Waals surface area contributed by atoms with E-state index in [-0.39, 0.29) is 12.2 Å². The van der Waals surface area contributed by atoms with Gasteiger partial charge in [-0.05, 0) is 31.9 Å². The molecule has 0 saturated carbocycles. The Morgan fingerprint density at radius 1 is 1.19 bits per heavy atom. The van der Waals surface area contributed by atoms with E-state index in [2.05, 4.69) is 17.3 Å². The fourth-order valence-electron chi connectivity index (χ4n) is 2.49. The Morgan fingerprint density at radius 3 is 2.48 bits per heavy atom. The van der Waals surface area contributed by atoms with Crippen molar-refractivity contribution >= 4 is 5.91 Å². The number of benzene rings is 1. The number of halogens is 3. The molecular formula is C19H24F3N3O2. The molecule has 1 amide bonds. The number of carbonyl (C=O) groups is 1. The number of amides is 1. The average Bonchev–Trinajstić information content (AvgIpc) is 3.07. The molecule has 0 spiro atoms. The van der Waals surface area contributed by atoms with Gasteiger partial charge in [0.05, 0.1) is 17.4 Å². The largest absolute Gasteiger partial charge is 0.434 e. The van der Waals surface area contributed by atoms with E-state index < -0.39 is 23.3 Å².